The maximum atomic E-state index is 5.29. The highest BCUT2D eigenvalue weighted by molar-refractivity contribution is 7.80. The molecule has 0 radical (unpaired) electrons. The fraction of sp³-hybridized carbons (Fsp3) is 0.188. The zero-order chi connectivity index (χ0) is 14.5. The third-order valence-corrected chi connectivity index (χ3v) is 3.30. The van der Waals surface area contributed by atoms with Crippen LogP contribution in [0.2, 0.25) is 0 Å². The molecule has 20 heavy (non-hydrogen) atoms. The molecule has 0 aromatic heterocycles. The van der Waals surface area contributed by atoms with Crippen LogP contribution in [0.4, 0.5) is 11.4 Å². The molecule has 104 valence electrons. The van der Waals surface area contributed by atoms with E-state index in [1.807, 2.05) is 31.2 Å². The van der Waals surface area contributed by atoms with Crippen LogP contribution in [0.3, 0.4) is 0 Å². The highest BCUT2D eigenvalue weighted by Crippen LogP contribution is 2.16. The van der Waals surface area contributed by atoms with Crippen LogP contribution in [0, 0.1) is 20.8 Å². The molecule has 0 unspecified atom stereocenters. The first-order valence-electron chi connectivity index (χ1n) is 6.52. The molecule has 4 heteroatoms. The number of anilines is 2. The van der Waals surface area contributed by atoms with Gasteiger partial charge in [0.2, 0.25) is 0 Å². The second-order valence-corrected chi connectivity index (χ2v) is 5.25. The van der Waals surface area contributed by atoms with Crippen molar-refractivity contribution in [3.8, 4) is 0 Å². The molecular weight excluding hydrogens is 266 g/mol. The standard InChI is InChI=1S/C16H19N3S/c1-11-8-9-13(3)15(10-11)18-19-16(20)17-14-7-5-4-6-12(14)2/h4-10,18H,1-3H3,(H2,17,19,20). The van der Waals surface area contributed by atoms with E-state index in [4.69, 9.17) is 12.2 Å². The molecule has 3 nitrogen and oxygen atoms in total. The number of rotatable bonds is 3. The van der Waals surface area contributed by atoms with Crippen LogP contribution in [0.25, 0.3) is 0 Å². The fourth-order valence-corrected chi connectivity index (χ4v) is 2.02. The van der Waals surface area contributed by atoms with Crippen molar-refractivity contribution in [3.63, 3.8) is 0 Å². The smallest absolute Gasteiger partial charge is 0.189 e. The first-order chi connectivity index (χ1) is 9.56. The summed E-state index contributed by atoms with van der Waals surface area (Å²) in [7, 11) is 0. The Morgan fingerprint density at radius 3 is 2.35 bits per heavy atom. The summed E-state index contributed by atoms with van der Waals surface area (Å²) in [5, 5.41) is 3.71. The van der Waals surface area contributed by atoms with Crippen molar-refractivity contribution in [1.82, 2.24) is 5.43 Å². The van der Waals surface area contributed by atoms with Gasteiger partial charge in [-0.3, -0.25) is 10.9 Å². The van der Waals surface area contributed by atoms with E-state index in [0.717, 1.165) is 16.9 Å². The van der Waals surface area contributed by atoms with Crippen molar-refractivity contribution in [2.45, 2.75) is 20.8 Å². The lowest BCUT2D eigenvalue weighted by atomic mass is 10.1. The molecule has 0 spiro atoms. The number of hydrogen-bond donors (Lipinski definition) is 3. The Hall–Kier alpha value is -2.07. The van der Waals surface area contributed by atoms with Gasteiger partial charge in [0.15, 0.2) is 5.11 Å². The third kappa shape index (κ3) is 3.71. The first-order valence-corrected chi connectivity index (χ1v) is 6.93. The van der Waals surface area contributed by atoms with E-state index in [0.29, 0.717) is 5.11 Å². The van der Waals surface area contributed by atoms with Crippen molar-refractivity contribution in [2.24, 2.45) is 0 Å². The van der Waals surface area contributed by atoms with Crippen LogP contribution >= 0.6 is 12.2 Å². The van der Waals surface area contributed by atoms with Gasteiger partial charge in [0.25, 0.3) is 0 Å². The topological polar surface area (TPSA) is 36.1 Å². The number of thiocarbonyl (C=S) groups is 1. The van der Waals surface area contributed by atoms with Crippen LogP contribution in [-0.2, 0) is 0 Å². The Labute approximate surface area is 125 Å². The minimum atomic E-state index is 0.542. The van der Waals surface area contributed by atoms with Crippen LogP contribution < -0.4 is 16.2 Å². The highest BCUT2D eigenvalue weighted by Gasteiger charge is 2.01. The van der Waals surface area contributed by atoms with Gasteiger partial charge in [-0.25, -0.2) is 0 Å². The number of aryl methyl sites for hydroxylation is 3. The molecule has 0 saturated carbocycles. The van der Waals surface area contributed by atoms with Gasteiger partial charge in [-0.05, 0) is 61.8 Å². The lowest BCUT2D eigenvalue weighted by Gasteiger charge is -2.15. The number of hydrogen-bond acceptors (Lipinski definition) is 2. The van der Waals surface area contributed by atoms with E-state index < -0.39 is 0 Å². The molecule has 0 bridgehead atoms. The van der Waals surface area contributed by atoms with Gasteiger partial charge in [0.05, 0.1) is 5.69 Å². The highest BCUT2D eigenvalue weighted by atomic mass is 32.1. The van der Waals surface area contributed by atoms with Crippen LogP contribution in [0.15, 0.2) is 42.5 Å². The minimum absolute atomic E-state index is 0.542. The van der Waals surface area contributed by atoms with Crippen molar-refractivity contribution in [1.29, 1.82) is 0 Å². The van der Waals surface area contributed by atoms with Crippen LogP contribution in [-0.4, -0.2) is 5.11 Å². The van der Waals surface area contributed by atoms with Gasteiger partial charge in [0, 0.05) is 5.69 Å². The molecule has 2 aromatic carbocycles. The molecule has 0 heterocycles. The molecule has 3 N–H and O–H groups in total. The van der Waals surface area contributed by atoms with Crippen molar-refractivity contribution in [3.05, 3.63) is 59.2 Å². The summed E-state index contributed by atoms with van der Waals surface area (Å²) in [5.41, 5.74) is 11.7. The predicted octanol–water partition coefficient (Wildman–Crippen LogP) is 3.93. The summed E-state index contributed by atoms with van der Waals surface area (Å²) in [6.07, 6.45) is 0. The van der Waals surface area contributed by atoms with Gasteiger partial charge in [-0.1, -0.05) is 30.3 Å². The Bertz CT molecular complexity index is 623. The monoisotopic (exact) mass is 285 g/mol. The number of hydrazine groups is 1. The van der Waals surface area contributed by atoms with Gasteiger partial charge < -0.3 is 5.32 Å². The normalized spacial score (nSPS) is 9.95. The Balaban J connectivity index is 1.96. The molecule has 0 aliphatic rings. The Morgan fingerprint density at radius 1 is 0.900 bits per heavy atom. The van der Waals surface area contributed by atoms with E-state index in [1.54, 1.807) is 0 Å². The number of nitrogens with one attached hydrogen (secondary N) is 3. The zero-order valence-corrected chi connectivity index (χ0v) is 12.8. The largest absolute Gasteiger partial charge is 0.331 e. The Kier molecular flexibility index (Phi) is 4.58. The first kappa shape index (κ1) is 14.3. The average molecular weight is 285 g/mol. The van der Waals surface area contributed by atoms with Gasteiger partial charge in [-0.15, -0.1) is 0 Å². The Morgan fingerprint density at radius 2 is 1.60 bits per heavy atom. The maximum Gasteiger partial charge on any atom is 0.189 e. The van der Waals surface area contributed by atoms with E-state index in [-0.39, 0.29) is 0 Å². The van der Waals surface area contributed by atoms with Crippen molar-refractivity contribution < 1.29 is 0 Å². The molecule has 0 amide bonds. The minimum Gasteiger partial charge on any atom is -0.331 e. The quantitative estimate of drug-likeness (QED) is 0.590. The summed E-state index contributed by atoms with van der Waals surface area (Å²) in [5.74, 6) is 0. The number of benzene rings is 2. The van der Waals surface area contributed by atoms with Gasteiger partial charge in [-0.2, -0.15) is 0 Å². The SMILES string of the molecule is Cc1ccc(C)c(NNC(=S)Nc2ccccc2C)c1. The molecule has 0 aliphatic carbocycles. The zero-order valence-electron chi connectivity index (χ0n) is 11.9. The van der Waals surface area contributed by atoms with Gasteiger partial charge >= 0.3 is 0 Å². The van der Waals surface area contributed by atoms with E-state index in [9.17, 15) is 0 Å². The lowest BCUT2D eigenvalue weighted by molar-refractivity contribution is 1.12. The van der Waals surface area contributed by atoms with Gasteiger partial charge in [0.1, 0.15) is 0 Å². The number of para-hydroxylation sites is 1. The summed E-state index contributed by atoms with van der Waals surface area (Å²) in [4.78, 5) is 0. The molecule has 0 saturated heterocycles. The van der Waals surface area contributed by atoms with E-state index in [1.165, 1.54) is 11.1 Å². The predicted molar refractivity (Wildman–Crippen MR) is 90.1 cm³/mol. The van der Waals surface area contributed by atoms with Crippen LogP contribution in [0.1, 0.15) is 16.7 Å². The summed E-state index contributed by atoms with van der Waals surface area (Å²) < 4.78 is 0. The second kappa shape index (κ2) is 6.39. The molecule has 2 aromatic rings. The molecular formula is C16H19N3S. The lowest BCUT2D eigenvalue weighted by Crippen LogP contribution is -2.33. The molecule has 0 atom stereocenters. The molecule has 2 rings (SSSR count). The molecule has 0 fully saturated rings. The van der Waals surface area contributed by atoms with Crippen LogP contribution in [0.5, 0.6) is 0 Å². The third-order valence-electron chi connectivity index (χ3n) is 3.10. The average Bonchev–Trinajstić information content (AvgIpc) is 2.42. The second-order valence-electron chi connectivity index (χ2n) is 4.84. The maximum absolute atomic E-state index is 5.29. The summed E-state index contributed by atoms with van der Waals surface area (Å²) in [6.45, 7) is 6.17. The molecule has 0 aliphatic heterocycles. The fourth-order valence-electron chi connectivity index (χ4n) is 1.86. The summed E-state index contributed by atoms with van der Waals surface area (Å²) >= 11 is 5.29. The van der Waals surface area contributed by atoms with E-state index >= 15 is 0 Å². The van der Waals surface area contributed by atoms with Crippen molar-refractivity contribution >= 4 is 28.7 Å². The van der Waals surface area contributed by atoms with Crippen molar-refractivity contribution in [2.75, 3.05) is 10.7 Å². The van der Waals surface area contributed by atoms with E-state index in [2.05, 4.69) is 48.2 Å². The summed E-state index contributed by atoms with van der Waals surface area (Å²) in [6, 6.07) is 14.3.